The predicted molar refractivity (Wildman–Crippen MR) is 45.3 cm³/mol. The second-order valence-electron chi connectivity index (χ2n) is 3.41. The number of nitrogens with zero attached hydrogens (tertiary/aromatic N) is 1. The van der Waals surface area contributed by atoms with Gasteiger partial charge >= 0.3 is 0 Å². The van der Waals surface area contributed by atoms with Gasteiger partial charge in [0.2, 0.25) is 0 Å². The van der Waals surface area contributed by atoms with Crippen LogP contribution in [0, 0.1) is 0 Å². The van der Waals surface area contributed by atoms with Gasteiger partial charge < -0.3 is 5.73 Å². The lowest BCUT2D eigenvalue weighted by Gasteiger charge is -2.21. The maximum atomic E-state index is 5.49. The van der Waals surface area contributed by atoms with Crippen LogP contribution < -0.4 is 5.73 Å². The van der Waals surface area contributed by atoms with E-state index in [1.54, 1.807) is 0 Å². The molecule has 0 aliphatic heterocycles. The van der Waals surface area contributed by atoms with Crippen LogP contribution in [0.3, 0.4) is 0 Å². The predicted octanol–water partition coefficient (Wildman–Crippen LogP) is 1.04. The molecule has 0 atom stereocenters. The van der Waals surface area contributed by atoms with Crippen LogP contribution in [0.25, 0.3) is 0 Å². The molecule has 0 aromatic carbocycles. The lowest BCUT2D eigenvalue weighted by atomic mass is 9.84. The fourth-order valence-corrected chi connectivity index (χ4v) is 1.13. The van der Waals surface area contributed by atoms with Crippen molar-refractivity contribution in [3.63, 3.8) is 0 Å². The molecule has 0 amide bonds. The molecule has 0 bridgehead atoms. The molecule has 0 saturated heterocycles. The molecule has 62 valence electrons. The summed E-state index contributed by atoms with van der Waals surface area (Å²) in [6.45, 7) is 5.06. The average molecular weight is 153 g/mol. The molecule has 3 heteroatoms. The average Bonchev–Trinajstić information content (AvgIpc) is 2.37. The van der Waals surface area contributed by atoms with Crippen LogP contribution in [-0.2, 0) is 5.41 Å². The van der Waals surface area contributed by atoms with Crippen molar-refractivity contribution < 1.29 is 0 Å². The quantitative estimate of drug-likeness (QED) is 0.681. The highest BCUT2D eigenvalue weighted by Crippen LogP contribution is 2.24. The molecule has 1 aromatic rings. The second kappa shape index (κ2) is 3.05. The van der Waals surface area contributed by atoms with E-state index in [-0.39, 0.29) is 5.41 Å². The molecule has 1 rings (SSSR count). The number of aromatic nitrogens is 2. The smallest absolute Gasteiger partial charge is 0.0524 e. The van der Waals surface area contributed by atoms with Gasteiger partial charge in [-0.25, -0.2) is 0 Å². The van der Waals surface area contributed by atoms with Crippen molar-refractivity contribution in [3.8, 4) is 0 Å². The first-order valence-electron chi connectivity index (χ1n) is 3.86. The van der Waals surface area contributed by atoms with Gasteiger partial charge in [-0.3, -0.25) is 5.10 Å². The van der Waals surface area contributed by atoms with Crippen LogP contribution in [0.2, 0.25) is 0 Å². The van der Waals surface area contributed by atoms with Crippen molar-refractivity contribution in [3.05, 3.63) is 18.0 Å². The van der Waals surface area contributed by atoms with E-state index in [9.17, 15) is 0 Å². The first-order chi connectivity index (χ1) is 5.17. The van der Waals surface area contributed by atoms with Gasteiger partial charge in [-0.15, -0.1) is 0 Å². The van der Waals surface area contributed by atoms with Gasteiger partial charge in [0, 0.05) is 6.20 Å². The standard InChI is InChI=1S/C8H15N3/c1-8(2,3-4-9)7-5-10-11-6-7/h5-6H,3-4,9H2,1-2H3,(H,10,11). The topological polar surface area (TPSA) is 54.7 Å². The van der Waals surface area contributed by atoms with E-state index < -0.39 is 0 Å². The fraction of sp³-hybridized carbons (Fsp3) is 0.625. The Morgan fingerprint density at radius 2 is 2.36 bits per heavy atom. The summed E-state index contributed by atoms with van der Waals surface area (Å²) >= 11 is 0. The van der Waals surface area contributed by atoms with Gasteiger partial charge in [-0.2, -0.15) is 5.10 Å². The molecule has 0 saturated carbocycles. The molecule has 3 nitrogen and oxygen atoms in total. The lowest BCUT2D eigenvalue weighted by Crippen LogP contribution is -2.20. The third-order valence-corrected chi connectivity index (χ3v) is 2.05. The molecule has 1 heterocycles. The third kappa shape index (κ3) is 1.80. The maximum Gasteiger partial charge on any atom is 0.0524 e. The van der Waals surface area contributed by atoms with E-state index in [2.05, 4.69) is 24.0 Å². The summed E-state index contributed by atoms with van der Waals surface area (Å²) in [5.41, 5.74) is 6.87. The Hall–Kier alpha value is -0.830. The summed E-state index contributed by atoms with van der Waals surface area (Å²) in [4.78, 5) is 0. The summed E-state index contributed by atoms with van der Waals surface area (Å²) in [6, 6.07) is 0. The summed E-state index contributed by atoms with van der Waals surface area (Å²) in [5.74, 6) is 0. The van der Waals surface area contributed by atoms with E-state index >= 15 is 0 Å². The van der Waals surface area contributed by atoms with Crippen molar-refractivity contribution >= 4 is 0 Å². The lowest BCUT2D eigenvalue weighted by molar-refractivity contribution is 0.488. The third-order valence-electron chi connectivity index (χ3n) is 2.05. The largest absolute Gasteiger partial charge is 0.330 e. The molecule has 3 N–H and O–H groups in total. The molecular weight excluding hydrogens is 138 g/mol. The van der Waals surface area contributed by atoms with Crippen LogP contribution in [0.5, 0.6) is 0 Å². The summed E-state index contributed by atoms with van der Waals surface area (Å²) in [7, 11) is 0. The van der Waals surface area contributed by atoms with E-state index in [0.717, 1.165) is 13.0 Å². The SMILES string of the molecule is CC(C)(CCN)c1cn[nH]c1. The van der Waals surface area contributed by atoms with E-state index in [1.165, 1.54) is 5.56 Å². The maximum absolute atomic E-state index is 5.49. The molecule has 0 unspecified atom stereocenters. The van der Waals surface area contributed by atoms with E-state index in [1.807, 2.05) is 12.4 Å². The summed E-state index contributed by atoms with van der Waals surface area (Å²) < 4.78 is 0. The van der Waals surface area contributed by atoms with Crippen molar-refractivity contribution in [1.29, 1.82) is 0 Å². The monoisotopic (exact) mass is 153 g/mol. The molecule has 0 aliphatic rings. The van der Waals surface area contributed by atoms with Crippen LogP contribution in [0.1, 0.15) is 25.8 Å². The van der Waals surface area contributed by atoms with Crippen molar-refractivity contribution in [1.82, 2.24) is 10.2 Å². The minimum Gasteiger partial charge on any atom is -0.330 e. The summed E-state index contributed by atoms with van der Waals surface area (Å²) in [6.07, 6.45) is 4.78. The van der Waals surface area contributed by atoms with E-state index in [4.69, 9.17) is 5.73 Å². The molecule has 11 heavy (non-hydrogen) atoms. The Morgan fingerprint density at radius 3 is 2.82 bits per heavy atom. The molecule has 0 fully saturated rings. The highest BCUT2D eigenvalue weighted by Gasteiger charge is 2.19. The van der Waals surface area contributed by atoms with Gasteiger partial charge in [0.15, 0.2) is 0 Å². The molecule has 0 spiro atoms. The van der Waals surface area contributed by atoms with Gasteiger partial charge in [0.05, 0.1) is 6.20 Å². The highest BCUT2D eigenvalue weighted by atomic mass is 15.1. The van der Waals surface area contributed by atoms with Gasteiger partial charge in [-0.1, -0.05) is 13.8 Å². The Morgan fingerprint density at radius 1 is 1.64 bits per heavy atom. The first-order valence-corrected chi connectivity index (χ1v) is 3.86. The number of nitrogens with two attached hydrogens (primary N) is 1. The van der Waals surface area contributed by atoms with Crippen LogP contribution in [0.15, 0.2) is 12.4 Å². The number of H-pyrrole nitrogens is 1. The normalized spacial score (nSPS) is 11.9. The minimum atomic E-state index is 0.155. The van der Waals surface area contributed by atoms with Gasteiger partial charge in [0.25, 0.3) is 0 Å². The van der Waals surface area contributed by atoms with Gasteiger partial charge in [0.1, 0.15) is 0 Å². The Kier molecular flexibility index (Phi) is 2.29. The number of rotatable bonds is 3. The van der Waals surface area contributed by atoms with Crippen molar-refractivity contribution in [2.24, 2.45) is 5.73 Å². The Balaban J connectivity index is 2.73. The highest BCUT2D eigenvalue weighted by molar-refractivity contribution is 5.15. The molecular formula is C8H15N3. The Labute approximate surface area is 67.0 Å². The first kappa shape index (κ1) is 8.27. The van der Waals surface area contributed by atoms with Crippen LogP contribution in [0.4, 0.5) is 0 Å². The van der Waals surface area contributed by atoms with Gasteiger partial charge in [-0.05, 0) is 23.9 Å². The minimum absolute atomic E-state index is 0.155. The number of hydrogen-bond donors (Lipinski definition) is 2. The number of hydrogen-bond acceptors (Lipinski definition) is 2. The number of nitrogens with one attached hydrogen (secondary N) is 1. The zero-order valence-electron chi connectivity index (χ0n) is 7.09. The second-order valence-corrected chi connectivity index (χ2v) is 3.41. The number of aromatic amines is 1. The zero-order chi connectivity index (χ0) is 8.32. The fourth-order valence-electron chi connectivity index (χ4n) is 1.13. The van der Waals surface area contributed by atoms with Crippen molar-refractivity contribution in [2.45, 2.75) is 25.7 Å². The Bertz CT molecular complexity index is 201. The molecule has 0 aliphatic carbocycles. The molecule has 1 aromatic heterocycles. The summed E-state index contributed by atoms with van der Waals surface area (Å²) in [5, 5.41) is 6.71. The van der Waals surface area contributed by atoms with E-state index in [0.29, 0.717) is 0 Å². The van der Waals surface area contributed by atoms with Crippen molar-refractivity contribution in [2.75, 3.05) is 6.54 Å². The zero-order valence-corrected chi connectivity index (χ0v) is 7.09. The van der Waals surface area contributed by atoms with Crippen LogP contribution >= 0.6 is 0 Å². The van der Waals surface area contributed by atoms with Crippen LogP contribution in [-0.4, -0.2) is 16.7 Å². The molecule has 0 radical (unpaired) electrons.